The van der Waals surface area contributed by atoms with Gasteiger partial charge in [0.1, 0.15) is 6.79 Å². The van der Waals surface area contributed by atoms with Crippen molar-refractivity contribution >= 4 is 0 Å². The molecule has 0 saturated heterocycles. The quantitative estimate of drug-likeness (QED) is 0.452. The molecule has 0 aliphatic rings. The summed E-state index contributed by atoms with van der Waals surface area (Å²) < 4.78 is 9.93. The van der Waals surface area contributed by atoms with Crippen LogP contribution in [0.5, 0.6) is 0 Å². The van der Waals surface area contributed by atoms with Gasteiger partial charge in [-0.25, -0.2) is 0 Å². The zero-order chi connectivity index (χ0) is 9.40. The van der Waals surface area contributed by atoms with Crippen LogP contribution in [0.2, 0.25) is 0 Å². The Morgan fingerprint density at radius 3 is 2.50 bits per heavy atom. The first-order chi connectivity index (χ1) is 5.72. The maximum absolute atomic E-state index is 8.51. The third-order valence-corrected chi connectivity index (χ3v) is 1.83. The minimum Gasteiger partial charge on any atom is -0.359 e. The highest BCUT2D eigenvalue weighted by molar-refractivity contribution is 4.77. The number of hydrogen-bond acceptors (Lipinski definition) is 3. The zero-order valence-corrected chi connectivity index (χ0v) is 8.04. The molecule has 0 aromatic rings. The van der Waals surface area contributed by atoms with Gasteiger partial charge in [0.15, 0.2) is 0 Å². The van der Waals surface area contributed by atoms with Crippen LogP contribution >= 0.6 is 0 Å². The first-order valence-corrected chi connectivity index (χ1v) is 4.16. The number of methoxy groups -OCH3 is 1. The molecule has 0 spiro atoms. The van der Waals surface area contributed by atoms with Crippen molar-refractivity contribution in [1.82, 2.24) is 0 Å². The summed E-state index contributed by atoms with van der Waals surface area (Å²) in [6.45, 7) is 5.12. The lowest BCUT2D eigenvalue weighted by Crippen LogP contribution is -2.16. The molecule has 0 heterocycles. The molecule has 0 aromatic heterocycles. The predicted molar refractivity (Wildman–Crippen MR) is 46.4 cm³/mol. The number of ether oxygens (including phenoxy) is 2. The minimum atomic E-state index is 0.314. The zero-order valence-electron chi connectivity index (χ0n) is 8.04. The van der Waals surface area contributed by atoms with Gasteiger partial charge in [-0.05, 0) is 11.8 Å². The van der Waals surface area contributed by atoms with Gasteiger partial charge in [0.05, 0.1) is 12.7 Å². The van der Waals surface area contributed by atoms with E-state index < -0.39 is 0 Å². The molecule has 0 aliphatic carbocycles. The SMILES string of the molecule is COCOCC(CC#N)C(C)C. The van der Waals surface area contributed by atoms with Crippen LogP contribution in [0, 0.1) is 23.2 Å². The van der Waals surface area contributed by atoms with E-state index >= 15 is 0 Å². The van der Waals surface area contributed by atoms with Crippen LogP contribution in [-0.2, 0) is 9.47 Å². The van der Waals surface area contributed by atoms with Crippen molar-refractivity contribution in [2.75, 3.05) is 20.5 Å². The molecule has 0 fully saturated rings. The molecule has 0 radical (unpaired) electrons. The Labute approximate surface area is 74.3 Å². The third-order valence-electron chi connectivity index (χ3n) is 1.83. The summed E-state index contributed by atoms with van der Waals surface area (Å²) in [4.78, 5) is 0. The molecule has 0 saturated carbocycles. The van der Waals surface area contributed by atoms with Gasteiger partial charge in [0.2, 0.25) is 0 Å². The second-order valence-corrected chi connectivity index (χ2v) is 3.14. The number of nitrogens with zero attached hydrogens (tertiary/aromatic N) is 1. The van der Waals surface area contributed by atoms with Gasteiger partial charge in [0, 0.05) is 13.5 Å². The van der Waals surface area contributed by atoms with Crippen LogP contribution in [-0.4, -0.2) is 20.5 Å². The van der Waals surface area contributed by atoms with Gasteiger partial charge in [-0.1, -0.05) is 13.8 Å². The lowest BCUT2D eigenvalue weighted by Gasteiger charge is -2.16. The van der Waals surface area contributed by atoms with Crippen molar-refractivity contribution in [3.63, 3.8) is 0 Å². The van der Waals surface area contributed by atoms with Crippen LogP contribution in [0.3, 0.4) is 0 Å². The van der Waals surface area contributed by atoms with Crippen molar-refractivity contribution in [1.29, 1.82) is 5.26 Å². The second kappa shape index (κ2) is 7.08. The fourth-order valence-electron chi connectivity index (χ4n) is 0.887. The fourth-order valence-corrected chi connectivity index (χ4v) is 0.887. The molecule has 0 bridgehead atoms. The predicted octanol–water partition coefficient (Wildman–Crippen LogP) is 1.79. The highest BCUT2D eigenvalue weighted by atomic mass is 16.7. The molecule has 70 valence electrons. The van der Waals surface area contributed by atoms with E-state index in [1.165, 1.54) is 0 Å². The van der Waals surface area contributed by atoms with Crippen LogP contribution in [0.1, 0.15) is 20.3 Å². The molecular weight excluding hydrogens is 154 g/mol. The molecule has 0 aliphatic heterocycles. The molecule has 0 amide bonds. The lowest BCUT2D eigenvalue weighted by molar-refractivity contribution is -0.0477. The Morgan fingerprint density at radius 1 is 1.42 bits per heavy atom. The lowest BCUT2D eigenvalue weighted by atomic mass is 9.94. The maximum Gasteiger partial charge on any atom is 0.146 e. The molecule has 1 atom stereocenters. The van der Waals surface area contributed by atoms with Crippen molar-refractivity contribution in [2.24, 2.45) is 11.8 Å². The summed E-state index contributed by atoms with van der Waals surface area (Å²) in [7, 11) is 1.59. The summed E-state index contributed by atoms with van der Waals surface area (Å²) in [5.74, 6) is 0.812. The summed E-state index contributed by atoms with van der Waals surface area (Å²) in [6.07, 6.45) is 0.557. The summed E-state index contributed by atoms with van der Waals surface area (Å²) in [6, 6.07) is 2.16. The Kier molecular flexibility index (Phi) is 6.73. The molecule has 3 heteroatoms. The normalized spacial score (nSPS) is 12.9. The molecule has 0 rings (SSSR count). The molecule has 0 aromatic carbocycles. The molecular formula is C9H17NO2. The average molecular weight is 171 g/mol. The van der Waals surface area contributed by atoms with Gasteiger partial charge in [-0.15, -0.1) is 0 Å². The fraction of sp³-hybridized carbons (Fsp3) is 0.889. The van der Waals surface area contributed by atoms with E-state index in [4.69, 9.17) is 14.7 Å². The molecule has 1 unspecified atom stereocenters. The topological polar surface area (TPSA) is 42.2 Å². The summed E-state index contributed by atoms with van der Waals surface area (Å²) in [5.41, 5.74) is 0. The van der Waals surface area contributed by atoms with E-state index in [2.05, 4.69) is 19.9 Å². The van der Waals surface area contributed by atoms with E-state index in [0.29, 0.717) is 31.7 Å². The standard InChI is InChI=1S/C9H17NO2/c1-8(2)9(4-5-10)6-12-7-11-3/h8-9H,4,6-7H2,1-3H3. The Bertz CT molecular complexity index is 140. The van der Waals surface area contributed by atoms with Gasteiger partial charge in [0.25, 0.3) is 0 Å². The monoisotopic (exact) mass is 171 g/mol. The highest BCUT2D eigenvalue weighted by Crippen LogP contribution is 2.14. The summed E-state index contributed by atoms with van der Waals surface area (Å²) >= 11 is 0. The van der Waals surface area contributed by atoms with Crippen LogP contribution in [0.15, 0.2) is 0 Å². The van der Waals surface area contributed by atoms with Crippen molar-refractivity contribution < 1.29 is 9.47 Å². The Balaban J connectivity index is 3.58. The van der Waals surface area contributed by atoms with Crippen molar-refractivity contribution in [3.8, 4) is 6.07 Å². The van der Waals surface area contributed by atoms with E-state index in [-0.39, 0.29) is 0 Å². The van der Waals surface area contributed by atoms with E-state index in [1.807, 2.05) is 0 Å². The largest absolute Gasteiger partial charge is 0.359 e. The van der Waals surface area contributed by atoms with Crippen LogP contribution < -0.4 is 0 Å². The Morgan fingerprint density at radius 2 is 2.08 bits per heavy atom. The van der Waals surface area contributed by atoms with E-state index in [0.717, 1.165) is 0 Å². The van der Waals surface area contributed by atoms with Gasteiger partial charge in [-0.3, -0.25) is 0 Å². The third kappa shape index (κ3) is 5.11. The smallest absolute Gasteiger partial charge is 0.146 e. The molecule has 12 heavy (non-hydrogen) atoms. The van der Waals surface area contributed by atoms with Crippen LogP contribution in [0.25, 0.3) is 0 Å². The van der Waals surface area contributed by atoms with E-state index in [1.54, 1.807) is 7.11 Å². The molecule has 3 nitrogen and oxygen atoms in total. The van der Waals surface area contributed by atoms with E-state index in [9.17, 15) is 0 Å². The Hall–Kier alpha value is -0.590. The van der Waals surface area contributed by atoms with Crippen molar-refractivity contribution in [2.45, 2.75) is 20.3 Å². The van der Waals surface area contributed by atoms with Crippen molar-refractivity contribution in [3.05, 3.63) is 0 Å². The first kappa shape index (κ1) is 11.4. The first-order valence-electron chi connectivity index (χ1n) is 4.16. The van der Waals surface area contributed by atoms with Gasteiger partial charge in [-0.2, -0.15) is 5.26 Å². The highest BCUT2D eigenvalue weighted by Gasteiger charge is 2.12. The summed E-state index contributed by atoms with van der Waals surface area (Å²) in [5, 5.41) is 8.51. The second-order valence-electron chi connectivity index (χ2n) is 3.14. The minimum absolute atomic E-state index is 0.314. The van der Waals surface area contributed by atoms with Gasteiger partial charge < -0.3 is 9.47 Å². The number of hydrogen-bond donors (Lipinski definition) is 0. The molecule has 0 N–H and O–H groups in total. The van der Waals surface area contributed by atoms with Gasteiger partial charge >= 0.3 is 0 Å². The average Bonchev–Trinajstić information content (AvgIpc) is 2.03. The number of nitriles is 1. The van der Waals surface area contributed by atoms with Crippen LogP contribution in [0.4, 0.5) is 0 Å². The maximum atomic E-state index is 8.51. The number of rotatable bonds is 6.